The molecule has 1 aliphatic heterocycles. The first kappa shape index (κ1) is 20.1. The topological polar surface area (TPSA) is 105 Å². The molecule has 1 fully saturated rings. The molecular formula is C18H22N4O3S. The molecule has 26 heavy (non-hydrogen) atoms. The van der Waals surface area contributed by atoms with Crippen LogP contribution in [-0.4, -0.2) is 56.1 Å². The van der Waals surface area contributed by atoms with Gasteiger partial charge in [0, 0.05) is 44.7 Å². The van der Waals surface area contributed by atoms with Gasteiger partial charge in [-0.25, -0.2) is 8.42 Å². The summed E-state index contributed by atoms with van der Waals surface area (Å²) in [5.74, 6) is -0.317. The Morgan fingerprint density at radius 2 is 1.77 bits per heavy atom. The molecule has 1 atom stereocenters. The quantitative estimate of drug-likeness (QED) is 0.672. The Hall–Kier alpha value is -2.26. The molecule has 1 heterocycles. The Kier molecular flexibility index (Phi) is 6.87. The lowest BCUT2D eigenvalue weighted by Gasteiger charge is -2.34. The lowest BCUT2D eigenvalue weighted by molar-refractivity contribution is 0.101. The zero-order chi connectivity index (χ0) is 19.2. The van der Waals surface area contributed by atoms with Crippen molar-refractivity contribution in [2.45, 2.75) is 24.7 Å². The minimum atomic E-state index is -3.59. The first-order valence-electron chi connectivity index (χ1n) is 8.48. The van der Waals surface area contributed by atoms with Crippen molar-refractivity contribution in [3.05, 3.63) is 29.8 Å². The molecule has 0 amide bonds. The van der Waals surface area contributed by atoms with E-state index in [1.54, 1.807) is 0 Å². The van der Waals surface area contributed by atoms with E-state index in [4.69, 9.17) is 10.5 Å². The van der Waals surface area contributed by atoms with E-state index in [0.29, 0.717) is 51.1 Å². The number of rotatable bonds is 7. The van der Waals surface area contributed by atoms with Gasteiger partial charge in [0.2, 0.25) is 10.0 Å². The van der Waals surface area contributed by atoms with E-state index in [0.717, 1.165) is 0 Å². The summed E-state index contributed by atoms with van der Waals surface area (Å²) in [5, 5.41) is 17.8. The van der Waals surface area contributed by atoms with Crippen LogP contribution in [0.2, 0.25) is 0 Å². The van der Waals surface area contributed by atoms with Crippen LogP contribution in [0, 0.1) is 28.6 Å². The molecule has 7 nitrogen and oxygen atoms in total. The highest BCUT2D eigenvalue weighted by atomic mass is 32.2. The molecule has 0 saturated carbocycles. The lowest BCUT2D eigenvalue weighted by Crippen LogP contribution is -2.49. The van der Waals surface area contributed by atoms with Crippen LogP contribution >= 0.6 is 0 Å². The van der Waals surface area contributed by atoms with Crippen molar-refractivity contribution in [3.63, 3.8) is 0 Å². The summed E-state index contributed by atoms with van der Waals surface area (Å²) in [6.45, 7) is 3.80. The fraction of sp³-hybridized carbons (Fsp3) is 0.500. The van der Waals surface area contributed by atoms with Crippen LogP contribution in [0.25, 0.3) is 0 Å². The lowest BCUT2D eigenvalue weighted by atomic mass is 10.0. The van der Waals surface area contributed by atoms with E-state index in [2.05, 4.69) is 11.0 Å². The average Bonchev–Trinajstić information content (AvgIpc) is 2.65. The number of ketones is 1. The summed E-state index contributed by atoms with van der Waals surface area (Å²) in [5.41, 5.74) is 0.480. The van der Waals surface area contributed by atoms with Gasteiger partial charge in [0.1, 0.15) is 0 Å². The zero-order valence-electron chi connectivity index (χ0n) is 14.8. The third-order valence-corrected chi connectivity index (χ3v) is 6.41. The van der Waals surface area contributed by atoms with E-state index in [-0.39, 0.29) is 16.6 Å². The molecule has 0 N–H and O–H groups in total. The number of carbonyl (C=O) groups excluding carboxylic acids is 1. The average molecular weight is 374 g/mol. The highest BCUT2D eigenvalue weighted by Crippen LogP contribution is 2.19. The van der Waals surface area contributed by atoms with Crippen molar-refractivity contribution < 1.29 is 13.2 Å². The van der Waals surface area contributed by atoms with Gasteiger partial charge < -0.3 is 0 Å². The van der Waals surface area contributed by atoms with Crippen molar-refractivity contribution >= 4 is 15.8 Å². The fourth-order valence-electron chi connectivity index (χ4n) is 2.91. The van der Waals surface area contributed by atoms with Crippen LogP contribution in [0.3, 0.4) is 0 Å². The maximum Gasteiger partial charge on any atom is 0.243 e. The molecule has 0 bridgehead atoms. The normalized spacial score (nSPS) is 17.2. The highest BCUT2D eigenvalue weighted by Gasteiger charge is 2.29. The molecule has 1 aromatic carbocycles. The maximum atomic E-state index is 12.7. The molecule has 1 aliphatic rings. The van der Waals surface area contributed by atoms with Crippen molar-refractivity contribution in [1.82, 2.24) is 9.21 Å². The second kappa shape index (κ2) is 8.91. The number of piperazine rings is 1. The summed E-state index contributed by atoms with van der Waals surface area (Å²) < 4.78 is 26.9. The Morgan fingerprint density at radius 3 is 2.27 bits per heavy atom. The third-order valence-electron chi connectivity index (χ3n) is 4.50. The zero-order valence-corrected chi connectivity index (χ0v) is 15.6. The predicted octanol–water partition coefficient (Wildman–Crippen LogP) is 1.64. The third kappa shape index (κ3) is 4.89. The Balaban J connectivity index is 1.97. The molecule has 0 aromatic heterocycles. The van der Waals surface area contributed by atoms with E-state index in [1.165, 1.54) is 35.5 Å². The van der Waals surface area contributed by atoms with E-state index in [1.807, 2.05) is 6.07 Å². The number of sulfonamides is 1. The van der Waals surface area contributed by atoms with Gasteiger partial charge >= 0.3 is 0 Å². The number of benzene rings is 1. The van der Waals surface area contributed by atoms with E-state index in [9.17, 15) is 13.2 Å². The van der Waals surface area contributed by atoms with Crippen LogP contribution in [0.5, 0.6) is 0 Å². The molecule has 0 unspecified atom stereocenters. The minimum absolute atomic E-state index is 0.106. The molecule has 0 aliphatic carbocycles. The van der Waals surface area contributed by atoms with Crippen LogP contribution < -0.4 is 0 Å². The second-order valence-corrected chi connectivity index (χ2v) is 8.25. The van der Waals surface area contributed by atoms with Gasteiger partial charge in [0.25, 0.3) is 0 Å². The maximum absolute atomic E-state index is 12.7. The fourth-order valence-corrected chi connectivity index (χ4v) is 4.33. The van der Waals surface area contributed by atoms with Crippen LogP contribution in [0.15, 0.2) is 29.2 Å². The molecule has 0 radical (unpaired) electrons. The number of nitrogens with zero attached hydrogens (tertiary/aromatic N) is 4. The first-order valence-corrected chi connectivity index (χ1v) is 9.92. The van der Waals surface area contributed by atoms with E-state index >= 15 is 0 Å². The van der Waals surface area contributed by atoms with Crippen molar-refractivity contribution in [2.75, 3.05) is 32.7 Å². The van der Waals surface area contributed by atoms with Gasteiger partial charge in [0.05, 0.1) is 23.0 Å². The number of carbonyl (C=O) groups is 1. The van der Waals surface area contributed by atoms with Gasteiger partial charge in [0.15, 0.2) is 5.78 Å². The highest BCUT2D eigenvalue weighted by molar-refractivity contribution is 7.89. The standard InChI is InChI=1S/C18H22N4O3S/c1-15(23)17-4-6-18(7-5-17)26(24,25)22-11-9-21(10-12-22)14-16(13-20)3-2-8-19/h4-7,16H,2-3,9-12,14H2,1H3/t16-/m0/s1. The van der Waals surface area contributed by atoms with Crippen LogP contribution in [0.4, 0.5) is 0 Å². The number of nitriles is 2. The molecule has 1 saturated heterocycles. The second-order valence-electron chi connectivity index (χ2n) is 6.31. The number of Topliss-reactive ketones (excluding diaryl/α,β-unsaturated/α-hetero) is 1. The smallest absolute Gasteiger partial charge is 0.243 e. The van der Waals surface area contributed by atoms with Gasteiger partial charge in [-0.3, -0.25) is 9.69 Å². The van der Waals surface area contributed by atoms with Crippen molar-refractivity contribution in [2.24, 2.45) is 5.92 Å². The number of hydrogen-bond acceptors (Lipinski definition) is 6. The van der Waals surface area contributed by atoms with Gasteiger partial charge in [-0.2, -0.15) is 14.8 Å². The Bertz CT molecular complexity index is 813. The SMILES string of the molecule is CC(=O)c1ccc(S(=O)(=O)N2CCN(C[C@H](C#N)CCC#N)CC2)cc1. The summed E-state index contributed by atoms with van der Waals surface area (Å²) in [7, 11) is -3.59. The van der Waals surface area contributed by atoms with Crippen LogP contribution in [0.1, 0.15) is 30.1 Å². The first-order chi connectivity index (χ1) is 12.4. The van der Waals surface area contributed by atoms with Crippen molar-refractivity contribution in [1.29, 1.82) is 10.5 Å². The minimum Gasteiger partial charge on any atom is -0.299 e. The largest absolute Gasteiger partial charge is 0.299 e. The molecule has 8 heteroatoms. The van der Waals surface area contributed by atoms with Gasteiger partial charge in [-0.05, 0) is 25.5 Å². The van der Waals surface area contributed by atoms with Crippen molar-refractivity contribution in [3.8, 4) is 12.1 Å². The summed E-state index contributed by atoms with van der Waals surface area (Å²) in [6.07, 6.45) is 0.886. The van der Waals surface area contributed by atoms with Crippen LogP contribution in [-0.2, 0) is 10.0 Å². The molecule has 138 valence electrons. The summed E-state index contributed by atoms with van der Waals surface area (Å²) in [6, 6.07) is 10.2. The van der Waals surface area contributed by atoms with Gasteiger partial charge in [-0.1, -0.05) is 12.1 Å². The molecular weight excluding hydrogens is 352 g/mol. The monoisotopic (exact) mass is 374 g/mol. The Morgan fingerprint density at radius 1 is 1.15 bits per heavy atom. The van der Waals surface area contributed by atoms with E-state index < -0.39 is 10.0 Å². The van der Waals surface area contributed by atoms with Gasteiger partial charge in [-0.15, -0.1) is 0 Å². The predicted molar refractivity (Wildman–Crippen MR) is 95.6 cm³/mol. The Labute approximate surface area is 154 Å². The molecule has 1 aromatic rings. The molecule has 2 rings (SSSR count). The summed E-state index contributed by atoms with van der Waals surface area (Å²) in [4.78, 5) is 13.6. The molecule has 0 spiro atoms. The number of hydrogen-bond donors (Lipinski definition) is 0. The summed E-state index contributed by atoms with van der Waals surface area (Å²) >= 11 is 0.